The van der Waals surface area contributed by atoms with Crippen LogP contribution < -0.4 is 5.32 Å². The number of nitrogens with one attached hydrogen (secondary N) is 1. The average Bonchev–Trinajstić information content (AvgIpc) is 2.57. The highest BCUT2D eigenvalue weighted by molar-refractivity contribution is 6.30. The lowest BCUT2D eigenvalue weighted by molar-refractivity contribution is -0.131. The predicted octanol–water partition coefficient (Wildman–Crippen LogP) is 2.87. The summed E-state index contributed by atoms with van der Waals surface area (Å²) < 4.78 is 0. The fourth-order valence-electron chi connectivity index (χ4n) is 2.33. The molecule has 2 amide bonds. The van der Waals surface area contributed by atoms with Crippen LogP contribution >= 0.6 is 11.6 Å². The van der Waals surface area contributed by atoms with E-state index >= 15 is 0 Å². The summed E-state index contributed by atoms with van der Waals surface area (Å²) in [4.78, 5) is 27.7. The number of rotatable bonds is 7. The maximum atomic E-state index is 12.3. The maximum absolute atomic E-state index is 12.3. The van der Waals surface area contributed by atoms with Gasteiger partial charge in [0.15, 0.2) is 0 Å². The summed E-state index contributed by atoms with van der Waals surface area (Å²) in [5.41, 5.74) is 1.75. The highest BCUT2D eigenvalue weighted by atomic mass is 35.5. The Morgan fingerprint density at radius 3 is 2.24 bits per heavy atom. The number of likely N-dealkylation sites (N-methyl/N-ethyl adjacent to an activating group) is 2. The second-order valence-corrected chi connectivity index (χ2v) is 6.40. The molecule has 0 heterocycles. The highest BCUT2D eigenvalue weighted by Gasteiger charge is 2.14. The third kappa shape index (κ3) is 6.57. The lowest BCUT2D eigenvalue weighted by Crippen LogP contribution is -2.39. The Bertz CT molecular complexity index is 704. The van der Waals surface area contributed by atoms with Crippen molar-refractivity contribution in [3.8, 4) is 0 Å². The van der Waals surface area contributed by atoms with E-state index in [0.29, 0.717) is 17.3 Å². The van der Waals surface area contributed by atoms with Crippen LogP contribution in [0.3, 0.4) is 0 Å². The van der Waals surface area contributed by atoms with Crippen LogP contribution in [0, 0.1) is 0 Å². The number of carbonyl (C=O) groups excluding carboxylic acids is 2. The van der Waals surface area contributed by atoms with Gasteiger partial charge in [0.25, 0.3) is 0 Å². The van der Waals surface area contributed by atoms with Gasteiger partial charge in [-0.15, -0.1) is 0 Å². The molecule has 0 radical (unpaired) electrons. The first-order chi connectivity index (χ1) is 11.9. The molecule has 0 spiro atoms. The summed E-state index contributed by atoms with van der Waals surface area (Å²) in [5, 5.41) is 3.39. The first-order valence-corrected chi connectivity index (χ1v) is 8.33. The fraction of sp³-hybridized carbons (Fsp3) is 0.263. The molecule has 5 nitrogen and oxygen atoms in total. The van der Waals surface area contributed by atoms with Gasteiger partial charge in [-0.05, 0) is 36.9 Å². The van der Waals surface area contributed by atoms with Gasteiger partial charge in [-0.1, -0.05) is 41.9 Å². The van der Waals surface area contributed by atoms with Crippen LogP contribution in [0.15, 0.2) is 54.6 Å². The zero-order valence-electron chi connectivity index (χ0n) is 14.4. The van der Waals surface area contributed by atoms with Gasteiger partial charge in [0.05, 0.1) is 13.1 Å². The van der Waals surface area contributed by atoms with E-state index in [2.05, 4.69) is 5.32 Å². The summed E-state index contributed by atoms with van der Waals surface area (Å²) in [5.74, 6) is -0.214. The summed E-state index contributed by atoms with van der Waals surface area (Å²) in [7, 11) is 3.51. The number of anilines is 1. The van der Waals surface area contributed by atoms with Crippen molar-refractivity contribution in [2.75, 3.05) is 32.5 Å². The molecule has 0 fully saturated rings. The van der Waals surface area contributed by atoms with Gasteiger partial charge in [0, 0.05) is 24.3 Å². The minimum absolute atomic E-state index is 0.0364. The lowest BCUT2D eigenvalue weighted by Gasteiger charge is -2.21. The zero-order chi connectivity index (χ0) is 18.2. The zero-order valence-corrected chi connectivity index (χ0v) is 15.2. The number of benzene rings is 2. The molecule has 0 aromatic heterocycles. The van der Waals surface area contributed by atoms with Gasteiger partial charge < -0.3 is 10.2 Å². The minimum atomic E-state index is -0.177. The van der Waals surface area contributed by atoms with E-state index < -0.39 is 0 Å². The summed E-state index contributed by atoms with van der Waals surface area (Å²) in [6, 6.07) is 16.7. The third-order valence-electron chi connectivity index (χ3n) is 3.64. The molecule has 0 bridgehead atoms. The van der Waals surface area contributed by atoms with Gasteiger partial charge in [-0.2, -0.15) is 0 Å². The molecule has 6 heteroatoms. The van der Waals surface area contributed by atoms with E-state index in [4.69, 9.17) is 11.6 Å². The van der Waals surface area contributed by atoms with E-state index in [1.54, 1.807) is 48.2 Å². The Hall–Kier alpha value is -2.37. The molecule has 0 unspecified atom stereocenters. The number of nitrogens with zero attached hydrogens (tertiary/aromatic N) is 2. The van der Waals surface area contributed by atoms with E-state index in [0.717, 1.165) is 5.56 Å². The number of amides is 2. The maximum Gasteiger partial charge on any atom is 0.238 e. The Morgan fingerprint density at radius 1 is 0.960 bits per heavy atom. The molecule has 0 aliphatic rings. The van der Waals surface area contributed by atoms with Crippen molar-refractivity contribution in [1.29, 1.82) is 0 Å². The molecule has 0 aliphatic carbocycles. The van der Waals surface area contributed by atoms with Crippen molar-refractivity contribution in [3.63, 3.8) is 0 Å². The Balaban J connectivity index is 1.78. The molecule has 0 saturated carbocycles. The van der Waals surface area contributed by atoms with Crippen molar-refractivity contribution in [3.05, 3.63) is 65.2 Å². The molecular weight excluding hydrogens is 338 g/mol. The fourth-order valence-corrected chi connectivity index (χ4v) is 2.46. The van der Waals surface area contributed by atoms with Crippen LogP contribution in [0.2, 0.25) is 5.02 Å². The molecule has 2 aromatic rings. The van der Waals surface area contributed by atoms with Crippen LogP contribution in [-0.4, -0.2) is 48.8 Å². The first kappa shape index (κ1) is 19.0. The van der Waals surface area contributed by atoms with Crippen LogP contribution in [0.25, 0.3) is 0 Å². The van der Waals surface area contributed by atoms with Crippen molar-refractivity contribution in [2.24, 2.45) is 0 Å². The van der Waals surface area contributed by atoms with Gasteiger partial charge in [0.2, 0.25) is 11.8 Å². The number of hydrogen-bond acceptors (Lipinski definition) is 3. The minimum Gasteiger partial charge on any atom is -0.340 e. The predicted molar refractivity (Wildman–Crippen MR) is 100 cm³/mol. The molecule has 132 valence electrons. The molecule has 0 saturated heterocycles. The van der Waals surface area contributed by atoms with Gasteiger partial charge in [-0.3, -0.25) is 14.5 Å². The molecule has 25 heavy (non-hydrogen) atoms. The molecular formula is C19H22ClN3O2. The van der Waals surface area contributed by atoms with Crippen molar-refractivity contribution in [2.45, 2.75) is 6.54 Å². The molecule has 2 rings (SSSR count). The van der Waals surface area contributed by atoms with E-state index in [1.807, 2.05) is 30.3 Å². The number of carbonyl (C=O) groups is 2. The number of halogens is 1. The Kier molecular flexibility index (Phi) is 6.98. The smallest absolute Gasteiger partial charge is 0.238 e. The van der Waals surface area contributed by atoms with Crippen molar-refractivity contribution in [1.82, 2.24) is 9.80 Å². The summed E-state index contributed by atoms with van der Waals surface area (Å²) in [6.07, 6.45) is 0. The quantitative estimate of drug-likeness (QED) is 0.827. The normalized spacial score (nSPS) is 10.6. The molecule has 2 aromatic carbocycles. The van der Waals surface area contributed by atoms with E-state index in [-0.39, 0.29) is 24.9 Å². The van der Waals surface area contributed by atoms with Crippen LogP contribution in [-0.2, 0) is 16.1 Å². The second-order valence-electron chi connectivity index (χ2n) is 5.96. The highest BCUT2D eigenvalue weighted by Crippen LogP contribution is 2.13. The van der Waals surface area contributed by atoms with Gasteiger partial charge in [0.1, 0.15) is 0 Å². The standard InChI is InChI=1S/C19H22ClN3O2/c1-22(13-18(24)21-17-10-8-16(20)9-11-17)14-19(25)23(2)12-15-6-4-3-5-7-15/h3-11H,12-14H2,1-2H3,(H,21,24). The Morgan fingerprint density at radius 2 is 1.60 bits per heavy atom. The summed E-state index contributed by atoms with van der Waals surface area (Å²) >= 11 is 5.81. The second kappa shape index (κ2) is 9.20. The van der Waals surface area contributed by atoms with Gasteiger partial charge in [-0.25, -0.2) is 0 Å². The number of hydrogen-bond donors (Lipinski definition) is 1. The monoisotopic (exact) mass is 359 g/mol. The Labute approximate surface area is 153 Å². The van der Waals surface area contributed by atoms with E-state index in [1.165, 1.54) is 0 Å². The molecule has 0 aliphatic heterocycles. The molecule has 0 atom stereocenters. The van der Waals surface area contributed by atoms with Crippen molar-refractivity contribution < 1.29 is 9.59 Å². The SMILES string of the molecule is CN(CC(=O)Nc1ccc(Cl)cc1)CC(=O)N(C)Cc1ccccc1. The van der Waals surface area contributed by atoms with Crippen LogP contribution in [0.4, 0.5) is 5.69 Å². The molecule has 1 N–H and O–H groups in total. The average molecular weight is 360 g/mol. The topological polar surface area (TPSA) is 52.7 Å². The lowest BCUT2D eigenvalue weighted by atomic mass is 10.2. The van der Waals surface area contributed by atoms with Gasteiger partial charge >= 0.3 is 0 Å². The van der Waals surface area contributed by atoms with Crippen LogP contribution in [0.1, 0.15) is 5.56 Å². The van der Waals surface area contributed by atoms with Crippen LogP contribution in [0.5, 0.6) is 0 Å². The van der Waals surface area contributed by atoms with E-state index in [9.17, 15) is 9.59 Å². The third-order valence-corrected chi connectivity index (χ3v) is 3.89. The first-order valence-electron chi connectivity index (χ1n) is 7.96. The van der Waals surface area contributed by atoms with Crippen molar-refractivity contribution >= 4 is 29.1 Å². The largest absolute Gasteiger partial charge is 0.340 e. The summed E-state index contributed by atoms with van der Waals surface area (Å²) in [6.45, 7) is 0.857.